The van der Waals surface area contributed by atoms with Gasteiger partial charge in [0.25, 0.3) is 0 Å². The summed E-state index contributed by atoms with van der Waals surface area (Å²) in [7, 11) is 0. The van der Waals surface area contributed by atoms with Gasteiger partial charge in [-0.1, -0.05) is 18.2 Å². The molecule has 0 atom stereocenters. The highest BCUT2D eigenvalue weighted by Crippen LogP contribution is 2.24. The summed E-state index contributed by atoms with van der Waals surface area (Å²) in [6, 6.07) is 9.68. The van der Waals surface area contributed by atoms with Crippen LogP contribution in [0.2, 0.25) is 0 Å². The first-order chi connectivity index (χ1) is 14.1. The van der Waals surface area contributed by atoms with E-state index in [4.69, 9.17) is 9.15 Å². The number of hydrogen-bond donors (Lipinski definition) is 0. The number of aromatic nitrogens is 1. The maximum atomic E-state index is 12.8. The van der Waals surface area contributed by atoms with E-state index in [9.17, 15) is 9.59 Å². The Kier molecular flexibility index (Phi) is 5.94. The molecule has 7 heteroatoms. The highest BCUT2D eigenvalue weighted by Gasteiger charge is 2.31. The number of carbonyl (C=O) groups is 2. The summed E-state index contributed by atoms with van der Waals surface area (Å²) in [6.07, 6.45) is 1.66. The number of amides is 2. The van der Waals surface area contributed by atoms with Gasteiger partial charge in [-0.2, -0.15) is 0 Å². The van der Waals surface area contributed by atoms with Crippen molar-refractivity contribution < 1.29 is 18.7 Å². The van der Waals surface area contributed by atoms with Crippen LogP contribution >= 0.6 is 0 Å². The average molecular weight is 397 g/mol. The summed E-state index contributed by atoms with van der Waals surface area (Å²) in [6.45, 7) is 5.65. The lowest BCUT2D eigenvalue weighted by Gasteiger charge is -2.35. The van der Waals surface area contributed by atoms with Crippen LogP contribution in [0.25, 0.3) is 11.5 Å². The predicted octanol–water partition coefficient (Wildman–Crippen LogP) is 2.29. The first kappa shape index (κ1) is 19.6. The van der Waals surface area contributed by atoms with Crippen LogP contribution in [0.1, 0.15) is 24.3 Å². The maximum absolute atomic E-state index is 12.8. The van der Waals surface area contributed by atoms with Crippen molar-refractivity contribution in [2.45, 2.75) is 26.2 Å². The molecule has 2 fully saturated rings. The van der Waals surface area contributed by atoms with Crippen LogP contribution in [0.15, 0.2) is 34.7 Å². The van der Waals surface area contributed by atoms with Crippen LogP contribution in [-0.2, 0) is 20.7 Å². The summed E-state index contributed by atoms with van der Waals surface area (Å²) in [5.41, 5.74) is 1.58. The second-order valence-corrected chi connectivity index (χ2v) is 7.66. The number of hydrogen-bond acceptors (Lipinski definition) is 5. The van der Waals surface area contributed by atoms with Gasteiger partial charge in [0.15, 0.2) is 0 Å². The highest BCUT2D eigenvalue weighted by molar-refractivity contribution is 5.81. The molecule has 0 N–H and O–H groups in total. The molecule has 1 aromatic heterocycles. The number of piperidine rings is 1. The molecule has 2 amide bonds. The van der Waals surface area contributed by atoms with Gasteiger partial charge in [-0.15, -0.1) is 0 Å². The highest BCUT2D eigenvalue weighted by atomic mass is 16.5. The number of nitrogens with zero attached hydrogens (tertiary/aromatic N) is 3. The maximum Gasteiger partial charge on any atom is 0.228 e. The number of morpholine rings is 1. The van der Waals surface area contributed by atoms with Gasteiger partial charge < -0.3 is 19.0 Å². The zero-order chi connectivity index (χ0) is 20.2. The molecule has 4 rings (SSSR count). The SMILES string of the molecule is Cc1oc(-c2ccccc2)nc1CC(=O)N1CCC(C(=O)N2CCOCC2)CC1. The molecule has 0 radical (unpaired) electrons. The van der Waals surface area contributed by atoms with Crippen molar-refractivity contribution in [3.8, 4) is 11.5 Å². The molecule has 2 aromatic rings. The molecule has 7 nitrogen and oxygen atoms in total. The lowest BCUT2D eigenvalue weighted by atomic mass is 9.94. The second-order valence-electron chi connectivity index (χ2n) is 7.66. The summed E-state index contributed by atoms with van der Waals surface area (Å²) >= 11 is 0. The van der Waals surface area contributed by atoms with Crippen molar-refractivity contribution in [2.75, 3.05) is 39.4 Å². The molecule has 29 heavy (non-hydrogen) atoms. The lowest BCUT2D eigenvalue weighted by Crippen LogP contribution is -2.47. The van der Waals surface area contributed by atoms with E-state index < -0.39 is 0 Å². The lowest BCUT2D eigenvalue weighted by molar-refractivity contribution is -0.143. The molecule has 2 aliphatic heterocycles. The summed E-state index contributed by atoms with van der Waals surface area (Å²) in [5, 5.41) is 0. The van der Waals surface area contributed by atoms with Crippen molar-refractivity contribution >= 4 is 11.8 Å². The van der Waals surface area contributed by atoms with Gasteiger partial charge in [0, 0.05) is 37.7 Å². The number of ether oxygens (including phenoxy) is 1. The standard InChI is InChI=1S/C22H27N3O4/c1-16-19(23-21(29-16)17-5-3-2-4-6-17)15-20(26)24-9-7-18(8-10-24)22(27)25-11-13-28-14-12-25/h2-6,18H,7-15H2,1H3. The summed E-state index contributed by atoms with van der Waals surface area (Å²) in [5.74, 6) is 1.48. The number of benzene rings is 1. The van der Waals surface area contributed by atoms with Gasteiger partial charge in [0.2, 0.25) is 17.7 Å². The van der Waals surface area contributed by atoms with Crippen LogP contribution in [0.3, 0.4) is 0 Å². The van der Waals surface area contributed by atoms with Gasteiger partial charge in [-0.3, -0.25) is 9.59 Å². The second kappa shape index (κ2) is 8.78. The molecule has 154 valence electrons. The smallest absolute Gasteiger partial charge is 0.228 e. The fourth-order valence-electron chi connectivity index (χ4n) is 3.97. The quantitative estimate of drug-likeness (QED) is 0.791. The van der Waals surface area contributed by atoms with Gasteiger partial charge in [-0.25, -0.2) is 4.98 Å². The van der Waals surface area contributed by atoms with Crippen molar-refractivity contribution in [3.05, 3.63) is 41.8 Å². The van der Waals surface area contributed by atoms with E-state index in [0.29, 0.717) is 56.7 Å². The number of aryl methyl sites for hydroxylation is 1. The third kappa shape index (κ3) is 4.50. The fourth-order valence-corrected chi connectivity index (χ4v) is 3.97. The third-order valence-electron chi connectivity index (χ3n) is 5.75. The molecule has 1 aromatic carbocycles. The third-order valence-corrected chi connectivity index (χ3v) is 5.75. The Balaban J connectivity index is 1.32. The average Bonchev–Trinajstić information content (AvgIpc) is 3.14. The first-order valence-electron chi connectivity index (χ1n) is 10.3. The molecular formula is C22H27N3O4. The Morgan fingerprint density at radius 3 is 2.41 bits per heavy atom. The summed E-state index contributed by atoms with van der Waals surface area (Å²) < 4.78 is 11.1. The van der Waals surface area contributed by atoms with Crippen LogP contribution in [0.5, 0.6) is 0 Å². The van der Waals surface area contributed by atoms with E-state index in [1.807, 2.05) is 47.1 Å². The van der Waals surface area contributed by atoms with Crippen molar-refractivity contribution in [3.63, 3.8) is 0 Å². The van der Waals surface area contributed by atoms with Crippen LogP contribution in [0.4, 0.5) is 0 Å². The fraction of sp³-hybridized carbons (Fsp3) is 0.500. The van der Waals surface area contributed by atoms with Gasteiger partial charge in [-0.05, 0) is 31.9 Å². The minimum Gasteiger partial charge on any atom is -0.441 e. The largest absolute Gasteiger partial charge is 0.441 e. The topological polar surface area (TPSA) is 75.9 Å². The number of oxazole rings is 1. The van der Waals surface area contributed by atoms with E-state index in [-0.39, 0.29) is 24.2 Å². The van der Waals surface area contributed by atoms with Gasteiger partial charge in [0.1, 0.15) is 5.76 Å². The van der Waals surface area contributed by atoms with E-state index in [1.54, 1.807) is 0 Å². The molecule has 0 unspecified atom stereocenters. The monoisotopic (exact) mass is 397 g/mol. The molecule has 3 heterocycles. The van der Waals surface area contributed by atoms with Crippen LogP contribution < -0.4 is 0 Å². The van der Waals surface area contributed by atoms with E-state index in [2.05, 4.69) is 4.98 Å². The Bertz CT molecular complexity index is 850. The predicted molar refractivity (Wildman–Crippen MR) is 107 cm³/mol. The molecule has 0 aliphatic carbocycles. The molecule has 0 spiro atoms. The Labute approximate surface area is 170 Å². The molecular weight excluding hydrogens is 370 g/mol. The molecule has 0 bridgehead atoms. The Morgan fingerprint density at radius 2 is 1.72 bits per heavy atom. The normalized spacial score (nSPS) is 18.1. The Morgan fingerprint density at radius 1 is 1.03 bits per heavy atom. The van der Waals surface area contributed by atoms with Gasteiger partial charge >= 0.3 is 0 Å². The van der Waals surface area contributed by atoms with E-state index >= 15 is 0 Å². The van der Waals surface area contributed by atoms with E-state index in [1.165, 1.54) is 0 Å². The number of rotatable bonds is 4. The minimum absolute atomic E-state index is 0.00983. The van der Waals surface area contributed by atoms with Crippen LogP contribution in [-0.4, -0.2) is 66.0 Å². The van der Waals surface area contributed by atoms with E-state index in [0.717, 1.165) is 18.4 Å². The number of carbonyl (C=O) groups excluding carboxylic acids is 2. The molecule has 2 saturated heterocycles. The number of likely N-dealkylation sites (tertiary alicyclic amines) is 1. The summed E-state index contributed by atoms with van der Waals surface area (Å²) in [4.78, 5) is 33.7. The minimum atomic E-state index is 0.00983. The zero-order valence-electron chi connectivity index (χ0n) is 16.8. The molecule has 0 saturated carbocycles. The van der Waals surface area contributed by atoms with Gasteiger partial charge in [0.05, 0.1) is 25.3 Å². The van der Waals surface area contributed by atoms with Crippen molar-refractivity contribution in [2.24, 2.45) is 5.92 Å². The van der Waals surface area contributed by atoms with Crippen molar-refractivity contribution in [1.82, 2.24) is 14.8 Å². The van der Waals surface area contributed by atoms with Crippen molar-refractivity contribution in [1.29, 1.82) is 0 Å². The van der Waals surface area contributed by atoms with Crippen LogP contribution in [0, 0.1) is 12.8 Å². The first-order valence-corrected chi connectivity index (χ1v) is 10.3. The molecule has 2 aliphatic rings. The zero-order valence-corrected chi connectivity index (χ0v) is 16.8. The Hall–Kier alpha value is -2.67.